The van der Waals surface area contributed by atoms with Crippen molar-refractivity contribution in [2.75, 3.05) is 13.1 Å². The van der Waals surface area contributed by atoms with Crippen LogP contribution in [0.5, 0.6) is 5.75 Å². The van der Waals surface area contributed by atoms with Crippen LogP contribution in [-0.4, -0.2) is 36.0 Å². The molecule has 7 heteroatoms. The van der Waals surface area contributed by atoms with E-state index in [0.717, 1.165) is 37.9 Å². The highest BCUT2D eigenvalue weighted by atomic mass is 19.4. The highest BCUT2D eigenvalue weighted by molar-refractivity contribution is 5.69. The maximum atomic E-state index is 12.3. The van der Waals surface area contributed by atoms with Gasteiger partial charge >= 0.3 is 12.5 Å². The largest absolute Gasteiger partial charge is 0.573 e. The number of ether oxygens (including phenoxy) is 2. The Morgan fingerprint density at radius 2 is 1.63 bits per heavy atom. The number of hydrogen-bond acceptors (Lipinski definition) is 3. The van der Waals surface area contributed by atoms with Gasteiger partial charge in [-0.2, -0.15) is 0 Å². The molecule has 3 aliphatic carbocycles. The first kappa shape index (κ1) is 18.4. The molecule has 148 valence electrons. The average molecular weight is 383 g/mol. The fraction of sp³-hybridized carbons (Fsp3) is 0.650. The van der Waals surface area contributed by atoms with Crippen molar-refractivity contribution in [2.24, 2.45) is 11.3 Å². The number of carbonyl (C=O) groups is 1. The van der Waals surface area contributed by atoms with Crippen molar-refractivity contribution in [3.63, 3.8) is 0 Å². The average Bonchev–Trinajstić information content (AvgIpc) is 2.35. The van der Waals surface area contributed by atoms with Gasteiger partial charge in [-0.05, 0) is 68.6 Å². The number of halogens is 3. The molecule has 4 nitrogen and oxygen atoms in total. The molecule has 3 saturated carbocycles. The zero-order valence-electron chi connectivity index (χ0n) is 15.7. The summed E-state index contributed by atoms with van der Waals surface area (Å²) in [5, 5.41) is 0. The Morgan fingerprint density at radius 3 is 2.11 bits per heavy atom. The Hall–Kier alpha value is -1.92. The normalized spacial score (nSPS) is 30.1. The molecule has 1 amide bonds. The molecule has 1 saturated heterocycles. The van der Waals surface area contributed by atoms with E-state index in [1.807, 2.05) is 20.8 Å². The number of alkyl halides is 3. The Bertz CT molecular complexity index is 725. The molecule has 0 spiro atoms. The monoisotopic (exact) mass is 383 g/mol. The number of nitrogens with zero attached hydrogens (tertiary/aromatic N) is 1. The minimum atomic E-state index is -4.66. The lowest BCUT2D eigenvalue weighted by Gasteiger charge is -2.75. The standard InChI is InChI=1S/C20H24F3NO3/c1-17(2,3)27-16(25)24-8-14(9-24)19-10-18(11-19,12-19)13-4-6-15(7-5-13)26-20(21,22)23/h4-7,14H,8-12H2,1-3H3. The number of hydrogen-bond donors (Lipinski definition) is 0. The summed E-state index contributed by atoms with van der Waals surface area (Å²) in [7, 11) is 0. The fourth-order valence-corrected chi connectivity index (χ4v) is 4.96. The summed E-state index contributed by atoms with van der Waals surface area (Å²) >= 11 is 0. The van der Waals surface area contributed by atoms with Gasteiger partial charge < -0.3 is 14.4 Å². The second-order valence-corrected chi connectivity index (χ2v) is 9.33. The van der Waals surface area contributed by atoms with Crippen LogP contribution in [0.1, 0.15) is 45.6 Å². The van der Waals surface area contributed by atoms with Crippen LogP contribution in [0.2, 0.25) is 0 Å². The maximum Gasteiger partial charge on any atom is 0.573 e. The SMILES string of the molecule is CC(C)(C)OC(=O)N1CC(C23CC(c4ccc(OC(F)(F)F)cc4)(C2)C3)C1. The summed E-state index contributed by atoms with van der Waals surface area (Å²) < 4.78 is 46.1. The first-order valence-corrected chi connectivity index (χ1v) is 9.24. The maximum absolute atomic E-state index is 12.3. The molecule has 0 unspecified atom stereocenters. The van der Waals surface area contributed by atoms with Crippen LogP contribution in [0.25, 0.3) is 0 Å². The Morgan fingerprint density at radius 1 is 1.07 bits per heavy atom. The van der Waals surface area contributed by atoms with Gasteiger partial charge in [0, 0.05) is 19.0 Å². The zero-order valence-corrected chi connectivity index (χ0v) is 15.7. The number of rotatable bonds is 3. The molecule has 5 rings (SSSR count). The summed E-state index contributed by atoms with van der Waals surface area (Å²) in [5.74, 6) is 0.319. The molecule has 1 aliphatic heterocycles. The number of amides is 1. The number of benzene rings is 1. The molecule has 4 fully saturated rings. The Labute approximate surface area is 156 Å². The van der Waals surface area contributed by atoms with Crippen molar-refractivity contribution in [1.82, 2.24) is 4.90 Å². The number of likely N-dealkylation sites (tertiary alicyclic amines) is 1. The van der Waals surface area contributed by atoms with Crippen LogP contribution in [0, 0.1) is 11.3 Å². The van der Waals surface area contributed by atoms with E-state index in [1.165, 1.54) is 12.1 Å². The summed E-state index contributed by atoms with van der Waals surface area (Å²) in [5.41, 5.74) is 0.995. The van der Waals surface area contributed by atoms with Gasteiger partial charge in [-0.15, -0.1) is 13.2 Å². The molecular weight excluding hydrogens is 359 g/mol. The molecule has 1 aromatic carbocycles. The topological polar surface area (TPSA) is 38.8 Å². The second kappa shape index (κ2) is 5.55. The molecular formula is C20H24F3NO3. The highest BCUT2D eigenvalue weighted by Gasteiger charge is 2.72. The smallest absolute Gasteiger partial charge is 0.444 e. The molecule has 0 N–H and O–H groups in total. The van der Waals surface area contributed by atoms with Gasteiger partial charge in [0.15, 0.2) is 0 Å². The third kappa shape index (κ3) is 3.25. The third-order valence-corrected chi connectivity index (χ3v) is 6.17. The van der Waals surface area contributed by atoms with Crippen LogP contribution in [-0.2, 0) is 10.2 Å². The van der Waals surface area contributed by atoms with E-state index in [2.05, 4.69) is 4.74 Å². The van der Waals surface area contributed by atoms with Crippen LogP contribution in [0.15, 0.2) is 24.3 Å². The van der Waals surface area contributed by atoms with Gasteiger partial charge in [-0.3, -0.25) is 0 Å². The minimum Gasteiger partial charge on any atom is -0.444 e. The second-order valence-electron chi connectivity index (χ2n) is 9.33. The Balaban J connectivity index is 1.29. The van der Waals surface area contributed by atoms with Crippen molar-refractivity contribution in [1.29, 1.82) is 0 Å². The first-order chi connectivity index (χ1) is 12.4. The van der Waals surface area contributed by atoms with Gasteiger partial charge in [0.25, 0.3) is 0 Å². The molecule has 1 heterocycles. The van der Waals surface area contributed by atoms with Gasteiger partial charge in [0.1, 0.15) is 11.4 Å². The first-order valence-electron chi connectivity index (χ1n) is 9.24. The minimum absolute atomic E-state index is 0.100. The van der Waals surface area contributed by atoms with Crippen LogP contribution in [0.3, 0.4) is 0 Å². The van der Waals surface area contributed by atoms with Gasteiger partial charge in [0.2, 0.25) is 0 Å². The lowest BCUT2D eigenvalue weighted by atomic mass is 9.30. The van der Waals surface area contributed by atoms with Crippen LogP contribution < -0.4 is 4.74 Å². The van der Waals surface area contributed by atoms with Crippen molar-refractivity contribution in [2.45, 2.75) is 57.4 Å². The van der Waals surface area contributed by atoms with Gasteiger partial charge in [0.05, 0.1) is 0 Å². The molecule has 0 aromatic heterocycles. The molecule has 1 aromatic rings. The van der Waals surface area contributed by atoms with E-state index >= 15 is 0 Å². The summed E-state index contributed by atoms with van der Waals surface area (Å²) in [6.45, 7) is 7.06. The molecule has 0 atom stereocenters. The van der Waals surface area contributed by atoms with Crippen molar-refractivity contribution in [3.05, 3.63) is 29.8 Å². The molecule has 27 heavy (non-hydrogen) atoms. The third-order valence-electron chi connectivity index (χ3n) is 6.17. The highest BCUT2D eigenvalue weighted by Crippen LogP contribution is 2.77. The van der Waals surface area contributed by atoms with E-state index in [9.17, 15) is 18.0 Å². The Kier molecular flexibility index (Phi) is 3.79. The lowest BCUT2D eigenvalue weighted by Crippen LogP contribution is -2.73. The predicted octanol–water partition coefficient (Wildman–Crippen LogP) is 4.87. The summed E-state index contributed by atoms with van der Waals surface area (Å²) in [6, 6.07) is 6.28. The predicted molar refractivity (Wildman–Crippen MR) is 92.4 cm³/mol. The van der Waals surface area contributed by atoms with Crippen LogP contribution >= 0.6 is 0 Å². The van der Waals surface area contributed by atoms with Crippen LogP contribution in [0.4, 0.5) is 18.0 Å². The van der Waals surface area contributed by atoms with E-state index in [1.54, 1.807) is 17.0 Å². The molecule has 2 bridgehead atoms. The van der Waals surface area contributed by atoms with Crippen molar-refractivity contribution >= 4 is 6.09 Å². The van der Waals surface area contributed by atoms with Gasteiger partial charge in [-0.25, -0.2) is 4.79 Å². The number of carbonyl (C=O) groups excluding carboxylic acids is 1. The van der Waals surface area contributed by atoms with Gasteiger partial charge in [-0.1, -0.05) is 12.1 Å². The van der Waals surface area contributed by atoms with Crippen molar-refractivity contribution in [3.8, 4) is 5.75 Å². The quantitative estimate of drug-likeness (QED) is 0.747. The summed E-state index contributed by atoms with van der Waals surface area (Å²) in [6.07, 6.45) is -1.77. The molecule has 4 aliphatic rings. The van der Waals surface area contributed by atoms with E-state index in [-0.39, 0.29) is 17.3 Å². The van der Waals surface area contributed by atoms with Crippen molar-refractivity contribution < 1.29 is 27.4 Å². The van der Waals surface area contributed by atoms with E-state index in [4.69, 9.17) is 4.74 Å². The van der Waals surface area contributed by atoms with E-state index in [0.29, 0.717) is 11.3 Å². The lowest BCUT2D eigenvalue weighted by molar-refractivity contribution is -0.274. The van der Waals surface area contributed by atoms with E-state index < -0.39 is 12.0 Å². The summed E-state index contributed by atoms with van der Waals surface area (Å²) in [4.78, 5) is 13.8. The zero-order chi connectivity index (χ0) is 19.7. The fourth-order valence-electron chi connectivity index (χ4n) is 4.96. The molecule has 0 radical (unpaired) electrons.